The summed E-state index contributed by atoms with van der Waals surface area (Å²) in [7, 11) is 0. The van der Waals surface area contributed by atoms with Crippen LogP contribution < -0.4 is 0 Å². The van der Waals surface area contributed by atoms with Gasteiger partial charge in [0, 0.05) is 11.8 Å². The zero-order chi connectivity index (χ0) is 17.5. The van der Waals surface area contributed by atoms with Crippen LogP contribution in [0.15, 0.2) is 91.1 Å². The SMILES string of the molecule is O=Cc1cccn1/C(=C\C=C\c1ccccc1)C(=O)c1ccccc1. The molecule has 122 valence electrons. The van der Waals surface area contributed by atoms with Gasteiger partial charge in [-0.2, -0.15) is 0 Å². The number of allylic oxidation sites excluding steroid dienone is 3. The summed E-state index contributed by atoms with van der Waals surface area (Å²) in [6, 6.07) is 22.3. The van der Waals surface area contributed by atoms with Gasteiger partial charge in [-0.3, -0.25) is 9.59 Å². The van der Waals surface area contributed by atoms with Gasteiger partial charge in [0.15, 0.2) is 6.29 Å². The van der Waals surface area contributed by atoms with E-state index in [0.29, 0.717) is 17.0 Å². The van der Waals surface area contributed by atoms with Gasteiger partial charge in [-0.25, -0.2) is 0 Å². The van der Waals surface area contributed by atoms with Crippen molar-refractivity contribution in [3.63, 3.8) is 0 Å². The highest BCUT2D eigenvalue weighted by Crippen LogP contribution is 2.17. The number of aldehydes is 1. The summed E-state index contributed by atoms with van der Waals surface area (Å²) in [5.41, 5.74) is 2.47. The number of Topliss-reactive ketones (excluding diaryl/α,β-unsaturated/α-hetero) is 1. The lowest BCUT2D eigenvalue weighted by Crippen LogP contribution is -2.10. The van der Waals surface area contributed by atoms with E-state index in [4.69, 9.17) is 0 Å². The topological polar surface area (TPSA) is 39.1 Å². The van der Waals surface area contributed by atoms with Crippen LogP contribution in [0.5, 0.6) is 0 Å². The van der Waals surface area contributed by atoms with Crippen molar-refractivity contribution >= 4 is 23.8 Å². The van der Waals surface area contributed by atoms with Crippen LogP contribution in [-0.4, -0.2) is 16.6 Å². The third kappa shape index (κ3) is 3.90. The fraction of sp³-hybridized carbons (Fsp3) is 0. The summed E-state index contributed by atoms with van der Waals surface area (Å²) in [5, 5.41) is 0. The van der Waals surface area contributed by atoms with Crippen molar-refractivity contribution in [2.45, 2.75) is 0 Å². The first-order valence-corrected chi connectivity index (χ1v) is 7.95. The van der Waals surface area contributed by atoms with Crippen LogP contribution in [-0.2, 0) is 0 Å². The molecule has 0 radical (unpaired) electrons. The van der Waals surface area contributed by atoms with E-state index >= 15 is 0 Å². The lowest BCUT2D eigenvalue weighted by atomic mass is 10.1. The van der Waals surface area contributed by atoms with Crippen molar-refractivity contribution in [3.05, 3.63) is 108 Å². The molecule has 1 heterocycles. The molecule has 0 unspecified atom stereocenters. The minimum absolute atomic E-state index is 0.141. The van der Waals surface area contributed by atoms with Crippen LogP contribution in [0.3, 0.4) is 0 Å². The van der Waals surface area contributed by atoms with E-state index in [-0.39, 0.29) is 5.78 Å². The van der Waals surface area contributed by atoms with Crippen molar-refractivity contribution in [2.24, 2.45) is 0 Å². The van der Waals surface area contributed by atoms with Crippen LogP contribution in [0.4, 0.5) is 0 Å². The van der Waals surface area contributed by atoms with Gasteiger partial charge in [0.25, 0.3) is 0 Å². The first-order valence-electron chi connectivity index (χ1n) is 7.95. The number of aromatic nitrogens is 1. The molecule has 3 aromatic rings. The Morgan fingerprint density at radius 2 is 1.52 bits per heavy atom. The van der Waals surface area contributed by atoms with E-state index in [1.807, 2.05) is 60.7 Å². The minimum atomic E-state index is -0.141. The smallest absolute Gasteiger partial charge is 0.209 e. The van der Waals surface area contributed by atoms with E-state index in [1.165, 1.54) is 0 Å². The number of ketones is 1. The molecule has 3 rings (SSSR count). The zero-order valence-corrected chi connectivity index (χ0v) is 13.6. The minimum Gasteiger partial charge on any atom is -0.311 e. The van der Waals surface area contributed by atoms with Gasteiger partial charge in [-0.15, -0.1) is 0 Å². The molecule has 0 aliphatic heterocycles. The molecule has 0 fully saturated rings. The second-order valence-corrected chi connectivity index (χ2v) is 5.44. The fourth-order valence-electron chi connectivity index (χ4n) is 2.53. The molecule has 0 aliphatic carbocycles. The molecular weight excluding hydrogens is 310 g/mol. The molecule has 0 aliphatic rings. The van der Waals surface area contributed by atoms with Gasteiger partial charge >= 0.3 is 0 Å². The first kappa shape index (κ1) is 16.4. The normalized spacial score (nSPS) is 11.6. The molecule has 0 bridgehead atoms. The number of rotatable bonds is 6. The van der Waals surface area contributed by atoms with Gasteiger partial charge in [0.1, 0.15) is 0 Å². The highest BCUT2D eigenvalue weighted by Gasteiger charge is 2.15. The van der Waals surface area contributed by atoms with Crippen LogP contribution in [0.25, 0.3) is 11.8 Å². The molecule has 3 heteroatoms. The number of hydrogen-bond donors (Lipinski definition) is 0. The van der Waals surface area contributed by atoms with Crippen LogP contribution >= 0.6 is 0 Å². The van der Waals surface area contributed by atoms with Gasteiger partial charge < -0.3 is 4.57 Å². The highest BCUT2D eigenvalue weighted by molar-refractivity contribution is 6.25. The van der Waals surface area contributed by atoms with Crippen LogP contribution in [0, 0.1) is 0 Å². The quantitative estimate of drug-likeness (QED) is 0.284. The molecule has 0 N–H and O–H groups in total. The Kier molecular flexibility index (Phi) is 5.17. The lowest BCUT2D eigenvalue weighted by molar-refractivity contribution is 0.105. The maximum absolute atomic E-state index is 12.9. The Morgan fingerprint density at radius 1 is 0.840 bits per heavy atom. The third-order valence-electron chi connectivity index (χ3n) is 3.77. The van der Waals surface area contributed by atoms with Gasteiger partial charge in [-0.05, 0) is 23.8 Å². The largest absolute Gasteiger partial charge is 0.311 e. The number of benzene rings is 2. The summed E-state index contributed by atoms with van der Waals surface area (Å²) in [6.07, 6.45) is 7.93. The third-order valence-corrected chi connectivity index (χ3v) is 3.77. The van der Waals surface area contributed by atoms with Crippen molar-refractivity contribution in [1.29, 1.82) is 0 Å². The fourth-order valence-corrected chi connectivity index (χ4v) is 2.53. The zero-order valence-electron chi connectivity index (χ0n) is 13.6. The molecule has 2 aromatic carbocycles. The van der Waals surface area contributed by atoms with Gasteiger partial charge in [0.2, 0.25) is 5.78 Å². The predicted molar refractivity (Wildman–Crippen MR) is 100 cm³/mol. The number of hydrogen-bond acceptors (Lipinski definition) is 2. The number of nitrogens with zero attached hydrogens (tertiary/aromatic N) is 1. The van der Waals surface area contributed by atoms with Crippen molar-refractivity contribution in [1.82, 2.24) is 4.57 Å². The molecule has 0 saturated heterocycles. The molecule has 0 spiro atoms. The number of carbonyl (C=O) groups is 2. The maximum atomic E-state index is 12.9. The summed E-state index contributed by atoms with van der Waals surface area (Å²) in [4.78, 5) is 24.2. The Labute approximate surface area is 146 Å². The molecule has 0 saturated carbocycles. The van der Waals surface area contributed by atoms with Crippen molar-refractivity contribution in [3.8, 4) is 0 Å². The van der Waals surface area contributed by atoms with E-state index in [2.05, 4.69) is 0 Å². The summed E-state index contributed by atoms with van der Waals surface area (Å²) in [6.45, 7) is 0. The van der Waals surface area contributed by atoms with Gasteiger partial charge in [0.05, 0.1) is 11.4 Å². The van der Waals surface area contributed by atoms with E-state index < -0.39 is 0 Å². The highest BCUT2D eigenvalue weighted by atomic mass is 16.1. The molecule has 1 aromatic heterocycles. The summed E-state index contributed by atoms with van der Waals surface area (Å²) >= 11 is 0. The average molecular weight is 327 g/mol. The average Bonchev–Trinajstić information content (AvgIpc) is 3.15. The van der Waals surface area contributed by atoms with Gasteiger partial charge in [-0.1, -0.05) is 72.8 Å². The predicted octanol–water partition coefficient (Wildman–Crippen LogP) is 4.74. The van der Waals surface area contributed by atoms with Crippen LogP contribution in [0.2, 0.25) is 0 Å². The molecule has 3 nitrogen and oxygen atoms in total. The molecule has 25 heavy (non-hydrogen) atoms. The standard InChI is InChI=1S/C22H17NO2/c24-17-20-14-8-16-23(20)21(22(25)19-12-5-2-6-13-19)15-7-11-18-9-3-1-4-10-18/h1-17H/b11-7+,21-15-. The van der Waals surface area contributed by atoms with E-state index in [0.717, 1.165) is 11.8 Å². The number of carbonyl (C=O) groups excluding carboxylic acids is 2. The molecule has 0 atom stereocenters. The Bertz CT molecular complexity index is 919. The lowest BCUT2D eigenvalue weighted by Gasteiger charge is -2.09. The second kappa shape index (κ2) is 7.88. The first-order chi connectivity index (χ1) is 12.3. The molecular formula is C22H17NO2. The molecule has 0 amide bonds. The second-order valence-electron chi connectivity index (χ2n) is 5.44. The summed E-state index contributed by atoms with van der Waals surface area (Å²) in [5.74, 6) is -0.141. The van der Waals surface area contributed by atoms with Crippen molar-refractivity contribution in [2.75, 3.05) is 0 Å². The summed E-state index contributed by atoms with van der Waals surface area (Å²) < 4.78 is 1.61. The van der Waals surface area contributed by atoms with Crippen LogP contribution in [0.1, 0.15) is 26.4 Å². The Balaban J connectivity index is 2.00. The van der Waals surface area contributed by atoms with Crippen molar-refractivity contribution < 1.29 is 9.59 Å². The Morgan fingerprint density at radius 3 is 2.20 bits per heavy atom. The van der Waals surface area contributed by atoms with E-state index in [9.17, 15) is 9.59 Å². The maximum Gasteiger partial charge on any atom is 0.209 e. The Hall–Kier alpha value is -3.46. The monoisotopic (exact) mass is 327 g/mol. The van der Waals surface area contributed by atoms with E-state index in [1.54, 1.807) is 41.1 Å².